The van der Waals surface area contributed by atoms with Gasteiger partial charge in [0.1, 0.15) is 5.69 Å². The molecule has 4 aromatic rings. The molecule has 1 N–H and O–H groups in total. The lowest BCUT2D eigenvalue weighted by atomic mass is 9.93. The Morgan fingerprint density at radius 2 is 1.63 bits per heavy atom. The summed E-state index contributed by atoms with van der Waals surface area (Å²) in [5.41, 5.74) is 6.26. The van der Waals surface area contributed by atoms with E-state index in [-0.39, 0.29) is 5.97 Å². The van der Waals surface area contributed by atoms with Crippen molar-refractivity contribution in [2.45, 2.75) is 13.3 Å². The van der Waals surface area contributed by atoms with Gasteiger partial charge in [0.25, 0.3) is 0 Å². The van der Waals surface area contributed by atoms with Gasteiger partial charge in [-0.05, 0) is 47.7 Å². The number of esters is 1. The summed E-state index contributed by atoms with van der Waals surface area (Å²) in [6.45, 7) is 2.17. The van der Waals surface area contributed by atoms with E-state index >= 15 is 0 Å². The molecule has 0 saturated heterocycles. The molecule has 1 heterocycles. The Hall–Kier alpha value is -3.33. The Morgan fingerprint density at radius 1 is 0.889 bits per heavy atom. The van der Waals surface area contributed by atoms with E-state index in [0.717, 1.165) is 22.9 Å². The molecule has 0 fully saturated rings. The second-order valence-corrected chi connectivity index (χ2v) is 6.49. The molecule has 1 aromatic heterocycles. The van der Waals surface area contributed by atoms with Crippen LogP contribution in [-0.4, -0.2) is 17.6 Å². The second kappa shape index (κ2) is 7.50. The van der Waals surface area contributed by atoms with Crippen LogP contribution in [0, 0.1) is 0 Å². The van der Waals surface area contributed by atoms with Crippen molar-refractivity contribution in [3.8, 4) is 11.1 Å². The van der Waals surface area contributed by atoms with Crippen LogP contribution < -0.4 is 0 Å². The molecule has 3 nitrogen and oxygen atoms in total. The monoisotopic (exact) mass is 355 g/mol. The van der Waals surface area contributed by atoms with Crippen molar-refractivity contribution >= 4 is 16.9 Å². The molecule has 0 radical (unpaired) electrons. The van der Waals surface area contributed by atoms with Crippen LogP contribution in [0.1, 0.15) is 28.5 Å². The van der Waals surface area contributed by atoms with E-state index in [9.17, 15) is 4.79 Å². The Bertz CT molecular complexity index is 1080. The lowest BCUT2D eigenvalue weighted by Crippen LogP contribution is -2.04. The first-order valence-corrected chi connectivity index (χ1v) is 9.17. The third-order valence-corrected chi connectivity index (χ3v) is 4.70. The molecule has 0 aliphatic carbocycles. The summed E-state index contributed by atoms with van der Waals surface area (Å²) >= 11 is 0. The highest BCUT2D eigenvalue weighted by atomic mass is 16.5. The molecule has 0 aliphatic rings. The largest absolute Gasteiger partial charge is 0.461 e. The Kier molecular flexibility index (Phi) is 4.75. The smallest absolute Gasteiger partial charge is 0.354 e. The highest BCUT2D eigenvalue weighted by Crippen LogP contribution is 2.32. The van der Waals surface area contributed by atoms with Gasteiger partial charge in [0.2, 0.25) is 0 Å². The fourth-order valence-electron chi connectivity index (χ4n) is 3.46. The Morgan fingerprint density at radius 3 is 2.44 bits per heavy atom. The SMILES string of the molecule is CCOC(=O)c1cc2c(-c3ccccc3Cc3ccccc3)cccc2[nH]1. The quantitative estimate of drug-likeness (QED) is 0.473. The van der Waals surface area contributed by atoms with Gasteiger partial charge in [-0.1, -0.05) is 66.7 Å². The Labute approximate surface area is 158 Å². The summed E-state index contributed by atoms with van der Waals surface area (Å²) in [6.07, 6.45) is 0.864. The molecule has 0 atom stereocenters. The molecule has 134 valence electrons. The summed E-state index contributed by atoms with van der Waals surface area (Å²) < 4.78 is 5.14. The molecule has 0 bridgehead atoms. The maximum atomic E-state index is 12.1. The number of fused-ring (bicyclic) bond motifs is 1. The number of H-pyrrole nitrogens is 1. The normalized spacial score (nSPS) is 10.9. The molecule has 0 spiro atoms. The lowest BCUT2D eigenvalue weighted by Gasteiger charge is -2.11. The second-order valence-electron chi connectivity index (χ2n) is 6.49. The van der Waals surface area contributed by atoms with Crippen molar-refractivity contribution in [2.75, 3.05) is 6.61 Å². The number of nitrogens with one attached hydrogen (secondary N) is 1. The molecular formula is C24H21NO2. The number of rotatable bonds is 5. The number of hydrogen-bond acceptors (Lipinski definition) is 2. The third kappa shape index (κ3) is 3.49. The van der Waals surface area contributed by atoms with Gasteiger partial charge >= 0.3 is 5.97 Å². The zero-order chi connectivity index (χ0) is 18.6. The molecular weight excluding hydrogens is 334 g/mol. The molecule has 4 rings (SSSR count). The third-order valence-electron chi connectivity index (χ3n) is 4.70. The minimum absolute atomic E-state index is 0.322. The van der Waals surface area contributed by atoms with Crippen molar-refractivity contribution in [3.63, 3.8) is 0 Å². The van der Waals surface area contributed by atoms with Gasteiger partial charge in [-0.15, -0.1) is 0 Å². The number of aromatic amines is 1. The van der Waals surface area contributed by atoms with Crippen LogP contribution in [0.5, 0.6) is 0 Å². The maximum absolute atomic E-state index is 12.1. The van der Waals surface area contributed by atoms with Crippen LogP contribution in [0.25, 0.3) is 22.0 Å². The Balaban J connectivity index is 1.80. The van der Waals surface area contributed by atoms with Gasteiger partial charge in [-0.25, -0.2) is 4.79 Å². The van der Waals surface area contributed by atoms with Gasteiger partial charge in [0, 0.05) is 10.9 Å². The average Bonchev–Trinajstić information content (AvgIpc) is 3.14. The van der Waals surface area contributed by atoms with Crippen molar-refractivity contribution in [2.24, 2.45) is 0 Å². The van der Waals surface area contributed by atoms with E-state index in [1.807, 2.05) is 31.2 Å². The van der Waals surface area contributed by atoms with Gasteiger partial charge in [0.15, 0.2) is 0 Å². The van der Waals surface area contributed by atoms with E-state index in [1.165, 1.54) is 16.7 Å². The molecule has 0 amide bonds. The highest BCUT2D eigenvalue weighted by molar-refractivity contribution is 6.01. The number of carbonyl (C=O) groups is 1. The molecule has 0 saturated carbocycles. The van der Waals surface area contributed by atoms with Gasteiger partial charge in [-0.2, -0.15) is 0 Å². The number of hydrogen-bond donors (Lipinski definition) is 1. The van der Waals surface area contributed by atoms with Crippen LogP contribution in [0.2, 0.25) is 0 Å². The van der Waals surface area contributed by atoms with E-state index in [2.05, 4.69) is 59.6 Å². The fraction of sp³-hybridized carbons (Fsp3) is 0.125. The van der Waals surface area contributed by atoms with E-state index < -0.39 is 0 Å². The van der Waals surface area contributed by atoms with Crippen LogP contribution in [0.3, 0.4) is 0 Å². The zero-order valence-corrected chi connectivity index (χ0v) is 15.2. The van der Waals surface area contributed by atoms with Crippen molar-refractivity contribution < 1.29 is 9.53 Å². The lowest BCUT2D eigenvalue weighted by molar-refractivity contribution is 0.0520. The number of carbonyl (C=O) groups excluding carboxylic acids is 1. The summed E-state index contributed by atoms with van der Waals surface area (Å²) in [4.78, 5) is 15.3. The number of ether oxygens (including phenoxy) is 1. The van der Waals surface area contributed by atoms with E-state index in [4.69, 9.17) is 4.74 Å². The number of benzene rings is 3. The molecule has 3 aromatic carbocycles. The highest BCUT2D eigenvalue weighted by Gasteiger charge is 2.14. The van der Waals surface area contributed by atoms with Gasteiger partial charge < -0.3 is 9.72 Å². The van der Waals surface area contributed by atoms with Crippen molar-refractivity contribution in [1.82, 2.24) is 4.98 Å². The average molecular weight is 355 g/mol. The minimum atomic E-state index is -0.322. The van der Waals surface area contributed by atoms with E-state index in [1.54, 1.807) is 0 Å². The first-order valence-electron chi connectivity index (χ1n) is 9.17. The summed E-state index contributed by atoms with van der Waals surface area (Å²) in [5, 5.41) is 1.03. The van der Waals surface area contributed by atoms with Crippen LogP contribution in [0.15, 0.2) is 78.9 Å². The topological polar surface area (TPSA) is 42.1 Å². The van der Waals surface area contributed by atoms with Crippen LogP contribution in [0.4, 0.5) is 0 Å². The number of aromatic nitrogens is 1. The fourth-order valence-corrected chi connectivity index (χ4v) is 3.46. The van der Waals surface area contributed by atoms with Crippen molar-refractivity contribution in [1.29, 1.82) is 0 Å². The summed E-state index contributed by atoms with van der Waals surface area (Å²) in [6, 6.07) is 26.9. The minimum Gasteiger partial charge on any atom is -0.461 e. The summed E-state index contributed by atoms with van der Waals surface area (Å²) in [5.74, 6) is -0.322. The molecule has 0 unspecified atom stereocenters. The van der Waals surface area contributed by atoms with Crippen molar-refractivity contribution in [3.05, 3.63) is 95.7 Å². The molecule has 0 aliphatic heterocycles. The zero-order valence-electron chi connectivity index (χ0n) is 15.2. The van der Waals surface area contributed by atoms with Gasteiger partial charge in [0.05, 0.1) is 6.61 Å². The predicted octanol–water partition coefficient (Wildman–Crippen LogP) is 5.60. The summed E-state index contributed by atoms with van der Waals surface area (Å²) in [7, 11) is 0. The molecule has 3 heteroatoms. The predicted molar refractivity (Wildman–Crippen MR) is 109 cm³/mol. The first kappa shape index (κ1) is 17.1. The van der Waals surface area contributed by atoms with E-state index in [0.29, 0.717) is 12.3 Å². The standard InChI is InChI=1S/C24H21NO2/c1-2-27-24(26)23-16-21-20(13-8-14-22(21)25-23)19-12-7-6-11-18(19)15-17-9-4-3-5-10-17/h3-14,16,25H,2,15H2,1H3. The van der Waals surface area contributed by atoms with Gasteiger partial charge in [-0.3, -0.25) is 0 Å². The maximum Gasteiger partial charge on any atom is 0.354 e. The van der Waals surface area contributed by atoms with Crippen LogP contribution >= 0.6 is 0 Å². The van der Waals surface area contributed by atoms with Crippen LogP contribution in [-0.2, 0) is 11.2 Å². The first-order chi connectivity index (χ1) is 13.3. The molecule has 27 heavy (non-hydrogen) atoms.